The number of aromatic nitrogens is 4. The van der Waals surface area contributed by atoms with Crippen molar-refractivity contribution in [1.82, 2.24) is 19.6 Å². The highest BCUT2D eigenvalue weighted by Gasteiger charge is 2.49. The summed E-state index contributed by atoms with van der Waals surface area (Å²) < 4.78 is 18.3. The van der Waals surface area contributed by atoms with Crippen LogP contribution in [0.3, 0.4) is 0 Å². The molecule has 1 atom stereocenters. The van der Waals surface area contributed by atoms with Gasteiger partial charge in [-0.2, -0.15) is 0 Å². The summed E-state index contributed by atoms with van der Waals surface area (Å²) in [5, 5.41) is 20.6. The number of pyridine rings is 1. The van der Waals surface area contributed by atoms with Crippen LogP contribution in [0.5, 0.6) is 17.2 Å². The third-order valence-electron chi connectivity index (χ3n) is 6.48. The van der Waals surface area contributed by atoms with Crippen molar-refractivity contribution in [2.24, 2.45) is 0 Å². The molecular weight excluding hydrogens is 510 g/mol. The van der Waals surface area contributed by atoms with Crippen molar-refractivity contribution in [3.05, 3.63) is 63.6 Å². The van der Waals surface area contributed by atoms with Gasteiger partial charge >= 0.3 is 5.91 Å². The highest BCUT2D eigenvalue weighted by Crippen LogP contribution is 2.47. The number of carbonyl (C=O) groups excluding carboxylic acids is 2. The standard InChI is InChI=1S/C26H25N5O6S/c1-12-8-7-9-30-13(2)19(27-24(12)30)21(32)18-20(15-10-16(35-4)23(37-6)17(11-15)36-5)31(25(34)22(18)33)26-29-28-14(3)38-26/h7-11,20,32H,1-6H3. The maximum absolute atomic E-state index is 13.5. The number of hydrogen-bond donors (Lipinski definition) is 1. The number of fused-ring (bicyclic) bond motifs is 1. The molecule has 0 spiro atoms. The molecule has 0 bridgehead atoms. The van der Waals surface area contributed by atoms with E-state index < -0.39 is 23.5 Å². The lowest BCUT2D eigenvalue weighted by atomic mass is 9.95. The van der Waals surface area contributed by atoms with Crippen LogP contribution in [0.2, 0.25) is 0 Å². The number of aliphatic hydroxyl groups excluding tert-OH is 1. The summed E-state index contributed by atoms with van der Waals surface area (Å²) >= 11 is 1.15. The van der Waals surface area contributed by atoms with Gasteiger partial charge in [0.05, 0.1) is 38.6 Å². The van der Waals surface area contributed by atoms with Gasteiger partial charge in [-0.25, -0.2) is 4.98 Å². The number of Topliss-reactive ketones (excluding diaryl/α,β-unsaturated/α-hetero) is 1. The van der Waals surface area contributed by atoms with Gasteiger partial charge in [-0.15, -0.1) is 10.2 Å². The molecule has 1 aliphatic heterocycles. The van der Waals surface area contributed by atoms with Crippen LogP contribution in [-0.4, -0.2) is 57.7 Å². The first kappa shape index (κ1) is 25.2. The minimum atomic E-state index is -1.07. The molecule has 1 amide bonds. The summed E-state index contributed by atoms with van der Waals surface area (Å²) in [5.74, 6) is -1.14. The van der Waals surface area contributed by atoms with E-state index in [0.717, 1.165) is 16.9 Å². The minimum absolute atomic E-state index is 0.138. The fraction of sp³-hybridized carbons (Fsp3) is 0.269. The van der Waals surface area contributed by atoms with Crippen molar-refractivity contribution < 1.29 is 28.9 Å². The normalized spacial score (nSPS) is 16.9. The molecule has 0 saturated carbocycles. The van der Waals surface area contributed by atoms with Gasteiger partial charge in [0, 0.05) is 6.20 Å². The number of methoxy groups -OCH3 is 3. The lowest BCUT2D eigenvalue weighted by Crippen LogP contribution is -2.29. The van der Waals surface area contributed by atoms with E-state index in [2.05, 4.69) is 15.2 Å². The van der Waals surface area contributed by atoms with Crippen molar-refractivity contribution in [3.8, 4) is 17.2 Å². The van der Waals surface area contributed by atoms with Crippen LogP contribution in [0.4, 0.5) is 5.13 Å². The molecule has 1 aromatic carbocycles. The van der Waals surface area contributed by atoms with Crippen molar-refractivity contribution in [2.75, 3.05) is 26.2 Å². The molecule has 4 heterocycles. The Bertz CT molecular complexity index is 1610. The lowest BCUT2D eigenvalue weighted by molar-refractivity contribution is -0.132. The molecule has 1 aliphatic rings. The molecule has 1 saturated heterocycles. The third-order valence-corrected chi connectivity index (χ3v) is 7.31. The van der Waals surface area contributed by atoms with E-state index >= 15 is 0 Å². The van der Waals surface area contributed by atoms with Crippen LogP contribution in [0.25, 0.3) is 11.4 Å². The first-order valence-electron chi connectivity index (χ1n) is 11.6. The molecule has 1 fully saturated rings. The van der Waals surface area contributed by atoms with E-state index in [1.807, 2.05) is 29.7 Å². The molecule has 1 N–H and O–H groups in total. The largest absolute Gasteiger partial charge is 0.505 e. The number of ether oxygens (including phenoxy) is 3. The van der Waals surface area contributed by atoms with Gasteiger partial charge in [-0.3, -0.25) is 14.5 Å². The first-order valence-corrected chi connectivity index (χ1v) is 12.4. The Labute approximate surface area is 221 Å². The Kier molecular flexibility index (Phi) is 6.27. The van der Waals surface area contributed by atoms with Gasteiger partial charge in [-0.1, -0.05) is 17.4 Å². The second kappa shape index (κ2) is 9.45. The Hall–Kier alpha value is -4.45. The van der Waals surface area contributed by atoms with Crippen LogP contribution in [0, 0.1) is 20.8 Å². The zero-order valence-corrected chi connectivity index (χ0v) is 22.4. The summed E-state index contributed by atoms with van der Waals surface area (Å²) in [7, 11) is 4.41. The predicted octanol–water partition coefficient (Wildman–Crippen LogP) is 3.76. The number of imidazole rings is 1. The average Bonchev–Trinajstić information content (AvgIpc) is 3.57. The topological polar surface area (TPSA) is 128 Å². The van der Waals surface area contributed by atoms with Crippen LogP contribution in [0.15, 0.2) is 36.0 Å². The lowest BCUT2D eigenvalue weighted by Gasteiger charge is -2.24. The van der Waals surface area contributed by atoms with Gasteiger partial charge < -0.3 is 23.7 Å². The molecule has 1 unspecified atom stereocenters. The maximum Gasteiger partial charge on any atom is 0.301 e. The van der Waals surface area contributed by atoms with Crippen LogP contribution >= 0.6 is 11.3 Å². The number of aliphatic hydroxyl groups is 1. The third kappa shape index (κ3) is 3.76. The molecule has 11 nitrogen and oxygen atoms in total. The Morgan fingerprint density at radius 3 is 2.26 bits per heavy atom. The molecular formula is C26H25N5O6S. The molecule has 4 aromatic rings. The van der Waals surface area contributed by atoms with Crippen molar-refractivity contribution >= 4 is 39.6 Å². The van der Waals surface area contributed by atoms with Crippen molar-refractivity contribution in [3.63, 3.8) is 0 Å². The van der Waals surface area contributed by atoms with Crippen molar-refractivity contribution in [1.29, 1.82) is 0 Å². The number of hydrogen-bond acceptors (Lipinski definition) is 10. The van der Waals surface area contributed by atoms with Crippen LogP contribution in [-0.2, 0) is 9.59 Å². The van der Waals surface area contributed by atoms with Gasteiger partial charge in [-0.05, 0) is 50.1 Å². The molecule has 0 aliphatic carbocycles. The number of benzene rings is 1. The molecule has 38 heavy (non-hydrogen) atoms. The summed E-state index contributed by atoms with van der Waals surface area (Å²) in [4.78, 5) is 32.8. The summed E-state index contributed by atoms with van der Waals surface area (Å²) in [6.07, 6.45) is 1.82. The van der Waals surface area contributed by atoms with Crippen LogP contribution < -0.4 is 19.1 Å². The summed E-state index contributed by atoms with van der Waals surface area (Å²) in [5.41, 5.74) is 2.63. The monoisotopic (exact) mass is 535 g/mol. The molecule has 196 valence electrons. The second-order valence-corrected chi connectivity index (χ2v) is 9.82. The highest BCUT2D eigenvalue weighted by atomic mass is 32.1. The molecule has 3 aromatic heterocycles. The fourth-order valence-electron chi connectivity index (χ4n) is 4.66. The number of aryl methyl sites for hydroxylation is 3. The van der Waals surface area contributed by atoms with E-state index in [0.29, 0.717) is 39.2 Å². The van der Waals surface area contributed by atoms with E-state index in [9.17, 15) is 14.7 Å². The van der Waals surface area contributed by atoms with Crippen molar-refractivity contribution in [2.45, 2.75) is 26.8 Å². The number of anilines is 1. The van der Waals surface area contributed by atoms with E-state index in [-0.39, 0.29) is 16.4 Å². The molecule has 12 heteroatoms. The summed E-state index contributed by atoms with van der Waals surface area (Å²) in [6.45, 7) is 5.43. The fourth-order valence-corrected chi connectivity index (χ4v) is 5.38. The van der Waals surface area contributed by atoms with Gasteiger partial charge in [0.1, 0.15) is 16.3 Å². The quantitative estimate of drug-likeness (QED) is 0.223. The number of ketones is 1. The van der Waals surface area contributed by atoms with E-state index in [1.54, 1.807) is 26.0 Å². The number of rotatable bonds is 6. The Morgan fingerprint density at radius 1 is 1.03 bits per heavy atom. The maximum atomic E-state index is 13.5. The highest BCUT2D eigenvalue weighted by molar-refractivity contribution is 7.15. The summed E-state index contributed by atoms with van der Waals surface area (Å²) in [6, 6.07) is 5.96. The Morgan fingerprint density at radius 2 is 1.71 bits per heavy atom. The predicted molar refractivity (Wildman–Crippen MR) is 140 cm³/mol. The number of amides is 1. The zero-order chi connectivity index (χ0) is 27.3. The zero-order valence-electron chi connectivity index (χ0n) is 21.6. The Balaban J connectivity index is 1.81. The van der Waals surface area contributed by atoms with Gasteiger partial charge in [0.2, 0.25) is 10.9 Å². The first-order chi connectivity index (χ1) is 18.2. The SMILES string of the molecule is COc1cc(C2C(=C(O)c3nc4c(C)cccn4c3C)C(=O)C(=O)N2c2nnc(C)s2)cc(OC)c1OC. The average molecular weight is 536 g/mol. The number of nitrogens with zero attached hydrogens (tertiary/aromatic N) is 5. The van der Waals surface area contributed by atoms with Crippen LogP contribution in [0.1, 0.15) is 33.6 Å². The van der Waals surface area contributed by atoms with E-state index in [1.165, 1.54) is 26.2 Å². The molecule has 5 rings (SSSR count). The second-order valence-electron chi connectivity index (χ2n) is 8.66. The van der Waals surface area contributed by atoms with Gasteiger partial charge in [0.25, 0.3) is 5.78 Å². The van der Waals surface area contributed by atoms with Gasteiger partial charge in [0.15, 0.2) is 17.3 Å². The molecule has 0 radical (unpaired) electrons. The number of carbonyl (C=O) groups is 2. The van der Waals surface area contributed by atoms with E-state index in [4.69, 9.17) is 14.2 Å². The minimum Gasteiger partial charge on any atom is -0.505 e. The smallest absolute Gasteiger partial charge is 0.301 e.